The first-order chi connectivity index (χ1) is 19.7. The van der Waals surface area contributed by atoms with Crippen LogP contribution >= 0.6 is 0 Å². The predicted octanol–water partition coefficient (Wildman–Crippen LogP) is 8.04. The molecule has 3 aliphatic carbocycles. The molecule has 0 heterocycles. The van der Waals surface area contributed by atoms with E-state index in [0.29, 0.717) is 34.3 Å². The van der Waals surface area contributed by atoms with Gasteiger partial charge in [0.15, 0.2) is 0 Å². The summed E-state index contributed by atoms with van der Waals surface area (Å²) in [6.45, 7) is 2.04. The number of fused-ring (bicyclic) bond motifs is 5. The van der Waals surface area contributed by atoms with E-state index in [1.54, 1.807) is 12.1 Å². The Labute approximate surface area is 234 Å². The molecule has 3 aromatic carbocycles. The summed E-state index contributed by atoms with van der Waals surface area (Å²) in [5, 5.41) is 39.5. The predicted molar refractivity (Wildman–Crippen MR) is 147 cm³/mol. The SMILES string of the molecule is CC12CC3=C(C=C1C(=C(C#N)C#N)c1ccccc12)c1ccc(-c2ccc(C(F)(F)F)cc2)cc1C3=C(C#N)C#N. The molecule has 4 nitrogen and oxygen atoms in total. The highest BCUT2D eigenvalue weighted by atomic mass is 19.4. The molecule has 3 aliphatic rings. The van der Waals surface area contributed by atoms with Gasteiger partial charge in [0, 0.05) is 16.6 Å². The summed E-state index contributed by atoms with van der Waals surface area (Å²) in [7, 11) is 0. The zero-order valence-electron chi connectivity index (χ0n) is 21.6. The Balaban J connectivity index is 1.58. The second-order valence-corrected chi connectivity index (χ2v) is 10.3. The molecule has 0 aromatic heterocycles. The number of benzene rings is 3. The normalized spacial score (nSPS) is 18.1. The molecule has 1 unspecified atom stereocenters. The van der Waals surface area contributed by atoms with Crippen LogP contribution in [0, 0.1) is 45.3 Å². The standard InChI is InChI=1S/C34H17F3N4/c1-33-14-28-26(13-30(33)32(22(17-40)18-41)25-4-2-3-5-29(25)33)24-11-8-20(12-27(24)31(28)21(15-38)16-39)19-6-9-23(10-7-19)34(35,36)37/h2-13H,14H2,1H3. The van der Waals surface area contributed by atoms with E-state index in [0.717, 1.165) is 45.5 Å². The van der Waals surface area contributed by atoms with Gasteiger partial charge in [0.05, 0.1) is 5.56 Å². The van der Waals surface area contributed by atoms with Gasteiger partial charge < -0.3 is 0 Å². The van der Waals surface area contributed by atoms with E-state index in [1.807, 2.05) is 67.6 Å². The van der Waals surface area contributed by atoms with Crippen molar-refractivity contribution in [2.75, 3.05) is 0 Å². The molecule has 0 N–H and O–H groups in total. The second-order valence-electron chi connectivity index (χ2n) is 10.3. The van der Waals surface area contributed by atoms with Crippen molar-refractivity contribution >= 4 is 16.7 Å². The van der Waals surface area contributed by atoms with Gasteiger partial charge in [-0.25, -0.2) is 0 Å². The van der Waals surface area contributed by atoms with E-state index in [4.69, 9.17) is 0 Å². The summed E-state index contributed by atoms with van der Waals surface area (Å²) in [5.74, 6) is 0. The Morgan fingerprint density at radius 2 is 1.34 bits per heavy atom. The molecular weight excluding hydrogens is 521 g/mol. The van der Waals surface area contributed by atoms with Crippen LogP contribution in [0.4, 0.5) is 13.2 Å². The first-order valence-electron chi connectivity index (χ1n) is 12.6. The van der Waals surface area contributed by atoms with Crippen LogP contribution in [0.1, 0.15) is 41.2 Å². The highest BCUT2D eigenvalue weighted by Crippen LogP contribution is 2.61. The molecule has 1 atom stereocenters. The van der Waals surface area contributed by atoms with E-state index in [1.165, 1.54) is 12.1 Å². The van der Waals surface area contributed by atoms with E-state index < -0.39 is 17.2 Å². The molecule has 0 bridgehead atoms. The number of rotatable bonds is 1. The molecule has 7 heteroatoms. The van der Waals surface area contributed by atoms with Gasteiger partial charge >= 0.3 is 6.18 Å². The quantitative estimate of drug-likeness (QED) is 0.293. The molecule has 3 aromatic rings. The van der Waals surface area contributed by atoms with Crippen LogP contribution in [0.2, 0.25) is 0 Å². The Kier molecular flexibility index (Phi) is 5.60. The minimum absolute atomic E-state index is 0.0119. The fraction of sp³-hybridized carbons (Fsp3) is 0.118. The largest absolute Gasteiger partial charge is 0.416 e. The molecule has 6 rings (SSSR count). The van der Waals surface area contributed by atoms with Crippen LogP contribution in [0.3, 0.4) is 0 Å². The third-order valence-electron chi connectivity index (χ3n) is 8.17. The van der Waals surface area contributed by atoms with Crippen molar-refractivity contribution in [1.29, 1.82) is 21.0 Å². The number of nitriles is 4. The van der Waals surface area contributed by atoms with Gasteiger partial charge in [0.1, 0.15) is 35.4 Å². The van der Waals surface area contributed by atoms with Gasteiger partial charge in [-0.2, -0.15) is 34.2 Å². The first-order valence-corrected chi connectivity index (χ1v) is 12.6. The van der Waals surface area contributed by atoms with Gasteiger partial charge in [-0.15, -0.1) is 0 Å². The summed E-state index contributed by atoms with van der Waals surface area (Å²) in [6, 6.07) is 26.1. The Morgan fingerprint density at radius 3 is 1.98 bits per heavy atom. The monoisotopic (exact) mass is 538 g/mol. The number of allylic oxidation sites excluding steroid dienone is 8. The number of hydrogen-bond donors (Lipinski definition) is 0. The lowest BCUT2D eigenvalue weighted by molar-refractivity contribution is -0.137. The summed E-state index contributed by atoms with van der Waals surface area (Å²) in [6.07, 6.45) is -2.07. The van der Waals surface area contributed by atoms with E-state index >= 15 is 0 Å². The summed E-state index contributed by atoms with van der Waals surface area (Å²) in [4.78, 5) is 0. The Morgan fingerprint density at radius 1 is 0.732 bits per heavy atom. The lowest BCUT2D eigenvalue weighted by Crippen LogP contribution is -2.24. The summed E-state index contributed by atoms with van der Waals surface area (Å²) < 4.78 is 39.4. The number of halogens is 3. The lowest BCUT2D eigenvalue weighted by Gasteiger charge is -2.33. The molecule has 0 aliphatic heterocycles. The minimum atomic E-state index is -4.45. The van der Waals surface area contributed by atoms with Crippen molar-refractivity contribution < 1.29 is 13.2 Å². The maximum atomic E-state index is 13.1. The average molecular weight is 539 g/mol. The van der Waals surface area contributed by atoms with Crippen molar-refractivity contribution in [1.82, 2.24) is 0 Å². The molecule has 0 saturated carbocycles. The zero-order valence-corrected chi connectivity index (χ0v) is 21.6. The molecular formula is C34H17F3N4. The lowest BCUT2D eigenvalue weighted by atomic mass is 9.69. The molecule has 0 saturated heterocycles. The Bertz CT molecular complexity index is 1960. The molecule has 0 amide bonds. The van der Waals surface area contributed by atoms with Gasteiger partial charge in [0.2, 0.25) is 0 Å². The maximum Gasteiger partial charge on any atom is 0.416 e. The summed E-state index contributed by atoms with van der Waals surface area (Å²) in [5.41, 5.74) is 6.48. The topological polar surface area (TPSA) is 95.2 Å². The minimum Gasteiger partial charge on any atom is -0.192 e. The second kappa shape index (κ2) is 8.96. The van der Waals surface area contributed by atoms with Crippen molar-refractivity contribution in [3.63, 3.8) is 0 Å². The third kappa shape index (κ3) is 3.65. The van der Waals surface area contributed by atoms with Crippen LogP contribution in [0.15, 0.2) is 95.1 Å². The van der Waals surface area contributed by atoms with E-state index in [2.05, 4.69) is 0 Å². The molecule has 41 heavy (non-hydrogen) atoms. The fourth-order valence-corrected chi connectivity index (χ4v) is 6.32. The molecule has 0 fully saturated rings. The van der Waals surface area contributed by atoms with Crippen LogP contribution in [-0.2, 0) is 11.6 Å². The zero-order chi connectivity index (χ0) is 29.1. The van der Waals surface area contributed by atoms with Gasteiger partial charge in [-0.1, -0.05) is 55.5 Å². The number of alkyl halides is 3. The number of hydrogen-bond acceptors (Lipinski definition) is 4. The van der Waals surface area contributed by atoms with Crippen LogP contribution in [0.5, 0.6) is 0 Å². The highest BCUT2D eigenvalue weighted by Gasteiger charge is 2.48. The van der Waals surface area contributed by atoms with Gasteiger partial charge in [-0.05, 0) is 80.8 Å². The van der Waals surface area contributed by atoms with Gasteiger partial charge in [0.25, 0.3) is 0 Å². The van der Waals surface area contributed by atoms with Crippen LogP contribution < -0.4 is 0 Å². The van der Waals surface area contributed by atoms with Crippen LogP contribution in [-0.4, -0.2) is 0 Å². The van der Waals surface area contributed by atoms with Crippen molar-refractivity contribution in [2.24, 2.45) is 0 Å². The fourth-order valence-electron chi connectivity index (χ4n) is 6.32. The van der Waals surface area contributed by atoms with Crippen LogP contribution in [0.25, 0.3) is 27.8 Å². The molecule has 0 spiro atoms. The molecule has 0 radical (unpaired) electrons. The third-order valence-corrected chi connectivity index (χ3v) is 8.17. The Hall–Kier alpha value is -5.63. The smallest absolute Gasteiger partial charge is 0.192 e. The number of nitrogens with zero attached hydrogens (tertiary/aromatic N) is 4. The van der Waals surface area contributed by atoms with E-state index in [-0.39, 0.29) is 11.1 Å². The highest BCUT2D eigenvalue weighted by molar-refractivity contribution is 6.10. The van der Waals surface area contributed by atoms with Crippen molar-refractivity contribution in [2.45, 2.75) is 24.9 Å². The first kappa shape index (κ1) is 25.6. The van der Waals surface area contributed by atoms with Gasteiger partial charge in [-0.3, -0.25) is 0 Å². The average Bonchev–Trinajstić information content (AvgIpc) is 3.41. The van der Waals surface area contributed by atoms with Crippen molar-refractivity contribution in [3.05, 3.63) is 123 Å². The van der Waals surface area contributed by atoms with E-state index in [9.17, 15) is 34.2 Å². The molecule has 194 valence electrons. The maximum absolute atomic E-state index is 13.1. The summed E-state index contributed by atoms with van der Waals surface area (Å²) >= 11 is 0. The van der Waals surface area contributed by atoms with Crippen molar-refractivity contribution in [3.8, 4) is 35.4 Å².